The highest BCUT2D eigenvalue weighted by Crippen LogP contribution is 2.34. The van der Waals surface area contributed by atoms with Gasteiger partial charge in [0.05, 0.1) is 35.2 Å². The fourth-order valence-electron chi connectivity index (χ4n) is 1.89. The van der Waals surface area contributed by atoms with E-state index in [1.165, 1.54) is 6.07 Å². The molecule has 0 unspecified atom stereocenters. The molecule has 19 heavy (non-hydrogen) atoms. The van der Waals surface area contributed by atoms with Crippen molar-refractivity contribution in [3.63, 3.8) is 0 Å². The highest BCUT2D eigenvalue weighted by Gasteiger charge is 2.30. The average Bonchev–Trinajstić information content (AvgIpc) is 2.91. The summed E-state index contributed by atoms with van der Waals surface area (Å²) in [6, 6.07) is 6.85. The van der Waals surface area contributed by atoms with Gasteiger partial charge in [-0.2, -0.15) is 5.26 Å². The first kappa shape index (κ1) is 13.5. The summed E-state index contributed by atoms with van der Waals surface area (Å²) in [7, 11) is 0. The van der Waals surface area contributed by atoms with Gasteiger partial charge in [-0.15, -0.1) is 0 Å². The Labute approximate surface area is 110 Å². The van der Waals surface area contributed by atoms with Crippen molar-refractivity contribution in [2.75, 3.05) is 13.2 Å². The maximum Gasteiger partial charge on any atom is 0.278 e. The number of nitriles is 1. The molecule has 1 heterocycles. The molecule has 0 atom stereocenters. The largest absolute Gasteiger partial charge is 0.346 e. The number of nitrogens with zero attached hydrogens (tertiary/aromatic N) is 2. The third-order valence-electron chi connectivity index (χ3n) is 3.10. The molecule has 2 rings (SSSR count). The van der Waals surface area contributed by atoms with Gasteiger partial charge in [-0.1, -0.05) is 6.07 Å². The molecule has 1 aliphatic heterocycles. The summed E-state index contributed by atoms with van der Waals surface area (Å²) < 4.78 is 10.6. The Bertz CT molecular complexity index is 542. The van der Waals surface area contributed by atoms with Gasteiger partial charge in [0.1, 0.15) is 0 Å². The van der Waals surface area contributed by atoms with E-state index in [1.807, 2.05) is 0 Å². The molecule has 0 spiro atoms. The number of hydrogen-bond acceptors (Lipinski definition) is 5. The van der Waals surface area contributed by atoms with Crippen LogP contribution in [0.2, 0.25) is 0 Å². The number of nitro groups is 1. The van der Waals surface area contributed by atoms with Gasteiger partial charge in [0.15, 0.2) is 6.29 Å². The Balaban J connectivity index is 2.47. The maximum absolute atomic E-state index is 11.2. The van der Waals surface area contributed by atoms with Crippen LogP contribution >= 0.6 is 0 Å². The molecular weight excluding hydrogens is 248 g/mol. The number of ether oxygens (including phenoxy) is 2. The fourth-order valence-corrected chi connectivity index (χ4v) is 1.89. The summed E-state index contributed by atoms with van der Waals surface area (Å²) in [4.78, 5) is 10.7. The van der Waals surface area contributed by atoms with Crippen LogP contribution in [0, 0.1) is 21.4 Å². The Morgan fingerprint density at radius 3 is 2.58 bits per heavy atom. The maximum atomic E-state index is 11.2. The topological polar surface area (TPSA) is 85.4 Å². The highest BCUT2D eigenvalue weighted by molar-refractivity contribution is 5.47. The van der Waals surface area contributed by atoms with E-state index in [2.05, 4.69) is 6.07 Å². The number of nitro benzene ring substituents is 1. The quantitative estimate of drug-likeness (QED) is 0.617. The predicted octanol–water partition coefficient (Wildman–Crippen LogP) is 2.44. The van der Waals surface area contributed by atoms with E-state index < -0.39 is 16.6 Å². The van der Waals surface area contributed by atoms with Crippen molar-refractivity contribution in [1.29, 1.82) is 5.26 Å². The Kier molecular flexibility index (Phi) is 3.51. The van der Waals surface area contributed by atoms with E-state index in [-0.39, 0.29) is 5.69 Å². The number of hydrogen-bond donors (Lipinski definition) is 0. The lowest BCUT2D eigenvalue weighted by atomic mass is 9.85. The van der Waals surface area contributed by atoms with Gasteiger partial charge >= 0.3 is 0 Å². The third-order valence-corrected chi connectivity index (χ3v) is 3.10. The zero-order valence-electron chi connectivity index (χ0n) is 10.8. The molecule has 1 fully saturated rings. The first-order chi connectivity index (χ1) is 8.95. The van der Waals surface area contributed by atoms with Crippen LogP contribution in [-0.4, -0.2) is 18.1 Å². The second-order valence-corrected chi connectivity index (χ2v) is 4.84. The molecule has 0 N–H and O–H groups in total. The van der Waals surface area contributed by atoms with E-state index in [4.69, 9.17) is 14.7 Å². The lowest BCUT2D eigenvalue weighted by molar-refractivity contribution is -0.386. The van der Waals surface area contributed by atoms with Gasteiger partial charge < -0.3 is 9.47 Å². The molecule has 0 radical (unpaired) electrons. The van der Waals surface area contributed by atoms with Gasteiger partial charge in [-0.25, -0.2) is 0 Å². The Morgan fingerprint density at radius 2 is 2.05 bits per heavy atom. The molecular formula is C13H14N2O4. The van der Waals surface area contributed by atoms with Crippen molar-refractivity contribution >= 4 is 5.69 Å². The van der Waals surface area contributed by atoms with Crippen LogP contribution < -0.4 is 0 Å². The molecule has 0 aliphatic carbocycles. The first-order valence-corrected chi connectivity index (χ1v) is 5.89. The summed E-state index contributed by atoms with van der Waals surface area (Å²) in [5.41, 5.74) is 0.136. The predicted molar refractivity (Wildman–Crippen MR) is 66.4 cm³/mol. The van der Waals surface area contributed by atoms with Crippen LogP contribution in [0.15, 0.2) is 18.2 Å². The van der Waals surface area contributed by atoms with Crippen molar-refractivity contribution in [1.82, 2.24) is 0 Å². The normalized spacial score (nSPS) is 16.3. The zero-order chi connectivity index (χ0) is 14.0. The Morgan fingerprint density at radius 1 is 1.42 bits per heavy atom. The Hall–Kier alpha value is -1.97. The smallest absolute Gasteiger partial charge is 0.278 e. The minimum absolute atomic E-state index is 0.0762. The average molecular weight is 262 g/mol. The van der Waals surface area contributed by atoms with Gasteiger partial charge in [-0.3, -0.25) is 10.1 Å². The van der Waals surface area contributed by atoms with Crippen LogP contribution in [0.5, 0.6) is 0 Å². The number of benzene rings is 1. The van der Waals surface area contributed by atoms with Gasteiger partial charge in [-0.05, 0) is 25.5 Å². The van der Waals surface area contributed by atoms with Crippen LogP contribution in [-0.2, 0) is 14.9 Å². The molecule has 0 amide bonds. The summed E-state index contributed by atoms with van der Waals surface area (Å²) in [5.74, 6) is 0. The lowest BCUT2D eigenvalue weighted by Gasteiger charge is -2.17. The third kappa shape index (κ3) is 2.57. The second-order valence-electron chi connectivity index (χ2n) is 4.84. The van der Waals surface area contributed by atoms with Crippen LogP contribution in [0.4, 0.5) is 5.69 Å². The van der Waals surface area contributed by atoms with Crippen molar-refractivity contribution in [2.45, 2.75) is 25.6 Å². The van der Waals surface area contributed by atoms with Gasteiger partial charge in [0, 0.05) is 6.07 Å². The van der Waals surface area contributed by atoms with Crippen LogP contribution in [0.25, 0.3) is 0 Å². The second kappa shape index (κ2) is 4.96. The van der Waals surface area contributed by atoms with Crippen molar-refractivity contribution < 1.29 is 14.4 Å². The van der Waals surface area contributed by atoms with Crippen molar-refractivity contribution in [3.8, 4) is 6.07 Å². The fraction of sp³-hybridized carbons (Fsp3) is 0.462. The van der Waals surface area contributed by atoms with Crippen LogP contribution in [0.1, 0.15) is 31.3 Å². The molecule has 0 saturated carbocycles. The molecule has 100 valence electrons. The van der Waals surface area contributed by atoms with Crippen molar-refractivity contribution in [2.24, 2.45) is 0 Å². The van der Waals surface area contributed by atoms with Crippen molar-refractivity contribution in [3.05, 3.63) is 39.4 Å². The molecule has 6 nitrogen and oxygen atoms in total. The minimum atomic E-state index is -0.777. The minimum Gasteiger partial charge on any atom is -0.346 e. The highest BCUT2D eigenvalue weighted by atomic mass is 16.7. The molecule has 6 heteroatoms. The lowest BCUT2D eigenvalue weighted by Crippen LogP contribution is -2.15. The summed E-state index contributed by atoms with van der Waals surface area (Å²) in [6.45, 7) is 4.28. The van der Waals surface area contributed by atoms with Gasteiger partial charge in [0.25, 0.3) is 5.69 Å². The zero-order valence-corrected chi connectivity index (χ0v) is 10.8. The number of rotatable bonds is 3. The molecule has 0 bridgehead atoms. The van der Waals surface area contributed by atoms with E-state index >= 15 is 0 Å². The SMILES string of the molecule is CC(C)(C#N)c1ccc(C2OCCO2)c([N+](=O)[O-])c1. The summed E-state index contributed by atoms with van der Waals surface area (Å²) in [6.07, 6.45) is -0.695. The van der Waals surface area contributed by atoms with E-state index in [9.17, 15) is 10.1 Å². The monoisotopic (exact) mass is 262 g/mol. The molecule has 1 aromatic carbocycles. The molecule has 1 aliphatic rings. The van der Waals surface area contributed by atoms with E-state index in [0.29, 0.717) is 24.3 Å². The standard InChI is InChI=1S/C13H14N2O4/c1-13(2,8-14)9-3-4-10(11(7-9)15(16)17)12-18-5-6-19-12/h3-4,7,12H,5-6H2,1-2H3. The first-order valence-electron chi connectivity index (χ1n) is 5.89. The van der Waals surface area contributed by atoms with E-state index in [0.717, 1.165) is 0 Å². The van der Waals surface area contributed by atoms with Gasteiger partial charge in [0.2, 0.25) is 0 Å². The summed E-state index contributed by atoms with van der Waals surface area (Å²) in [5, 5.41) is 20.2. The molecule has 0 aromatic heterocycles. The summed E-state index contributed by atoms with van der Waals surface area (Å²) >= 11 is 0. The van der Waals surface area contributed by atoms with Crippen LogP contribution in [0.3, 0.4) is 0 Å². The van der Waals surface area contributed by atoms with E-state index in [1.54, 1.807) is 26.0 Å². The molecule has 1 saturated heterocycles. The molecule has 1 aromatic rings.